The van der Waals surface area contributed by atoms with Crippen LogP contribution in [0.2, 0.25) is 0 Å². The van der Waals surface area contributed by atoms with Crippen molar-refractivity contribution in [1.82, 2.24) is 15.2 Å². The first-order valence-electron chi connectivity index (χ1n) is 9.65. The number of ether oxygens (including phenoxy) is 2. The van der Waals surface area contributed by atoms with Crippen molar-refractivity contribution in [1.29, 1.82) is 0 Å². The smallest absolute Gasteiger partial charge is 0.263 e. The molecule has 1 aromatic heterocycles. The van der Waals surface area contributed by atoms with Crippen molar-refractivity contribution in [2.75, 3.05) is 19.6 Å². The van der Waals surface area contributed by atoms with E-state index in [1.165, 1.54) is 0 Å². The summed E-state index contributed by atoms with van der Waals surface area (Å²) in [6, 6.07) is 25.3. The third-order valence-corrected chi connectivity index (χ3v) is 4.57. The zero-order valence-electron chi connectivity index (χ0n) is 17.2. The average molecular weight is 411 g/mol. The van der Waals surface area contributed by atoms with Crippen molar-refractivity contribution in [3.63, 3.8) is 0 Å². The molecule has 0 amide bonds. The Morgan fingerprint density at radius 3 is 2.03 bits per heavy atom. The van der Waals surface area contributed by atoms with Gasteiger partial charge in [-0.05, 0) is 23.8 Å². The lowest BCUT2D eigenvalue weighted by Crippen LogP contribution is -2.03. The molecule has 1 heterocycles. The van der Waals surface area contributed by atoms with E-state index in [9.17, 15) is 0 Å². The van der Waals surface area contributed by atoms with Crippen molar-refractivity contribution in [3.8, 4) is 34.0 Å². The number of aromatic nitrogens is 3. The number of anilines is 1. The fraction of sp³-hybridized carbons (Fsp3) is 0.0833. The summed E-state index contributed by atoms with van der Waals surface area (Å²) in [6.07, 6.45) is 1.65. The van der Waals surface area contributed by atoms with Gasteiger partial charge in [0.15, 0.2) is 11.5 Å². The van der Waals surface area contributed by atoms with E-state index in [0.29, 0.717) is 23.1 Å². The third kappa shape index (κ3) is 4.67. The van der Waals surface area contributed by atoms with Gasteiger partial charge in [0.2, 0.25) is 0 Å². The first-order chi connectivity index (χ1) is 15.3. The van der Waals surface area contributed by atoms with Gasteiger partial charge in [0.1, 0.15) is 11.4 Å². The summed E-state index contributed by atoms with van der Waals surface area (Å²) in [4.78, 5) is 4.67. The average Bonchev–Trinajstić information content (AvgIpc) is 2.85. The van der Waals surface area contributed by atoms with Crippen LogP contribution in [0.3, 0.4) is 0 Å². The van der Waals surface area contributed by atoms with Gasteiger partial charge in [-0.25, -0.2) is 10.4 Å². The van der Waals surface area contributed by atoms with Crippen LogP contribution in [0.4, 0.5) is 5.95 Å². The second-order valence-electron chi connectivity index (χ2n) is 6.55. The fourth-order valence-electron chi connectivity index (χ4n) is 3.06. The number of hydrogen-bond donors (Lipinski definition) is 1. The third-order valence-electron chi connectivity index (χ3n) is 4.57. The second kappa shape index (κ2) is 9.49. The van der Waals surface area contributed by atoms with Gasteiger partial charge in [-0.3, -0.25) is 0 Å². The van der Waals surface area contributed by atoms with Crippen molar-refractivity contribution in [2.24, 2.45) is 5.10 Å². The minimum Gasteiger partial charge on any atom is -0.493 e. The van der Waals surface area contributed by atoms with E-state index in [1.54, 1.807) is 20.4 Å². The maximum absolute atomic E-state index is 5.32. The SMILES string of the molecule is COc1ccc(/C=N/Nc2nnc(-c3ccccc3)c(-c3ccccc3)n2)cc1OC. The van der Waals surface area contributed by atoms with Crippen molar-refractivity contribution >= 4 is 12.2 Å². The summed E-state index contributed by atoms with van der Waals surface area (Å²) < 4.78 is 10.6. The van der Waals surface area contributed by atoms with Crippen LogP contribution < -0.4 is 14.9 Å². The Balaban J connectivity index is 1.62. The number of nitrogens with zero attached hydrogens (tertiary/aromatic N) is 4. The highest BCUT2D eigenvalue weighted by Gasteiger charge is 2.13. The summed E-state index contributed by atoms with van der Waals surface area (Å²) in [5, 5.41) is 12.9. The highest BCUT2D eigenvalue weighted by atomic mass is 16.5. The lowest BCUT2D eigenvalue weighted by atomic mass is 10.0. The van der Waals surface area contributed by atoms with Gasteiger partial charge >= 0.3 is 0 Å². The maximum atomic E-state index is 5.32. The maximum Gasteiger partial charge on any atom is 0.263 e. The zero-order valence-corrected chi connectivity index (χ0v) is 17.2. The molecular formula is C24H21N5O2. The highest BCUT2D eigenvalue weighted by molar-refractivity contribution is 5.81. The molecule has 7 heteroatoms. The summed E-state index contributed by atoms with van der Waals surface area (Å²) in [5.41, 5.74) is 7.03. The second-order valence-corrected chi connectivity index (χ2v) is 6.55. The van der Waals surface area contributed by atoms with Crippen LogP contribution in [0.1, 0.15) is 5.56 Å². The molecular weight excluding hydrogens is 390 g/mol. The van der Waals surface area contributed by atoms with Gasteiger partial charge in [0, 0.05) is 11.1 Å². The minimum absolute atomic E-state index is 0.301. The lowest BCUT2D eigenvalue weighted by molar-refractivity contribution is 0.355. The normalized spacial score (nSPS) is 10.8. The molecule has 0 fully saturated rings. The van der Waals surface area contributed by atoms with Crippen LogP contribution >= 0.6 is 0 Å². The summed E-state index contributed by atoms with van der Waals surface area (Å²) in [6.45, 7) is 0. The minimum atomic E-state index is 0.301. The van der Waals surface area contributed by atoms with Crippen LogP contribution in [0.25, 0.3) is 22.5 Å². The summed E-state index contributed by atoms with van der Waals surface area (Å²) in [5.74, 6) is 1.59. The largest absolute Gasteiger partial charge is 0.493 e. The topological polar surface area (TPSA) is 81.5 Å². The van der Waals surface area contributed by atoms with E-state index >= 15 is 0 Å². The Morgan fingerprint density at radius 1 is 0.742 bits per heavy atom. The molecule has 0 unspecified atom stereocenters. The number of methoxy groups -OCH3 is 2. The molecule has 0 saturated carbocycles. The van der Waals surface area contributed by atoms with Crippen LogP contribution in [0.5, 0.6) is 11.5 Å². The molecule has 0 atom stereocenters. The molecule has 7 nitrogen and oxygen atoms in total. The van der Waals surface area contributed by atoms with E-state index in [1.807, 2.05) is 78.9 Å². The summed E-state index contributed by atoms with van der Waals surface area (Å²) >= 11 is 0. The first kappa shape index (κ1) is 20.0. The molecule has 154 valence electrons. The Kier molecular flexibility index (Phi) is 6.13. The Bertz CT molecular complexity index is 1180. The molecule has 4 rings (SSSR count). The monoisotopic (exact) mass is 411 g/mol. The number of benzene rings is 3. The van der Waals surface area contributed by atoms with Crippen LogP contribution in [0, 0.1) is 0 Å². The molecule has 0 saturated heterocycles. The standard InChI is InChI=1S/C24H21N5O2/c1-30-20-14-13-17(15-21(20)31-2)16-25-28-24-26-22(18-9-5-3-6-10-18)23(27-29-24)19-11-7-4-8-12-19/h3-16H,1-2H3,(H,26,28,29)/b25-16+. The van der Waals surface area contributed by atoms with E-state index < -0.39 is 0 Å². The molecule has 1 N–H and O–H groups in total. The van der Waals surface area contributed by atoms with Crippen LogP contribution in [-0.2, 0) is 0 Å². The van der Waals surface area contributed by atoms with Gasteiger partial charge in [-0.15, -0.1) is 10.2 Å². The molecule has 0 aliphatic rings. The van der Waals surface area contributed by atoms with E-state index in [2.05, 4.69) is 25.7 Å². The first-order valence-corrected chi connectivity index (χ1v) is 9.65. The van der Waals surface area contributed by atoms with E-state index in [4.69, 9.17) is 9.47 Å². The van der Waals surface area contributed by atoms with Gasteiger partial charge in [0.05, 0.1) is 20.4 Å². The Hall–Kier alpha value is -4.26. The van der Waals surface area contributed by atoms with E-state index in [-0.39, 0.29) is 0 Å². The predicted octanol–water partition coefficient (Wildman–Crippen LogP) is 4.67. The van der Waals surface area contributed by atoms with Crippen molar-refractivity contribution < 1.29 is 9.47 Å². The number of hydrogen-bond acceptors (Lipinski definition) is 7. The zero-order chi connectivity index (χ0) is 21.5. The highest BCUT2D eigenvalue weighted by Crippen LogP contribution is 2.29. The lowest BCUT2D eigenvalue weighted by Gasteiger charge is -2.09. The molecule has 0 aliphatic carbocycles. The summed E-state index contributed by atoms with van der Waals surface area (Å²) in [7, 11) is 3.19. The molecule has 0 bridgehead atoms. The van der Waals surface area contributed by atoms with Gasteiger partial charge in [0.25, 0.3) is 5.95 Å². The van der Waals surface area contributed by atoms with Crippen LogP contribution in [0.15, 0.2) is 84.0 Å². The van der Waals surface area contributed by atoms with Crippen molar-refractivity contribution in [2.45, 2.75) is 0 Å². The predicted molar refractivity (Wildman–Crippen MR) is 121 cm³/mol. The number of hydrazone groups is 1. The van der Waals surface area contributed by atoms with Gasteiger partial charge in [-0.2, -0.15) is 5.10 Å². The molecule has 3 aromatic carbocycles. The van der Waals surface area contributed by atoms with Gasteiger partial charge in [-0.1, -0.05) is 60.7 Å². The quantitative estimate of drug-likeness (QED) is 0.352. The number of rotatable bonds is 7. The van der Waals surface area contributed by atoms with E-state index in [0.717, 1.165) is 22.4 Å². The molecule has 31 heavy (non-hydrogen) atoms. The molecule has 0 radical (unpaired) electrons. The molecule has 4 aromatic rings. The Morgan fingerprint density at radius 2 is 1.39 bits per heavy atom. The molecule has 0 aliphatic heterocycles. The van der Waals surface area contributed by atoms with Crippen molar-refractivity contribution in [3.05, 3.63) is 84.4 Å². The van der Waals surface area contributed by atoms with Gasteiger partial charge < -0.3 is 9.47 Å². The fourth-order valence-corrected chi connectivity index (χ4v) is 3.06. The Labute approximate surface area is 180 Å². The van der Waals surface area contributed by atoms with Crippen LogP contribution in [-0.4, -0.2) is 35.6 Å². The number of nitrogens with one attached hydrogen (secondary N) is 1. The molecule has 0 spiro atoms.